The number of carbonyl (C=O) groups is 3. The number of benzene rings is 4. The lowest BCUT2D eigenvalue weighted by Crippen LogP contribution is -2.37. The lowest BCUT2D eigenvalue weighted by molar-refractivity contribution is -0.436. The number of nitrogens with zero attached hydrogens (tertiary/aromatic N) is 3. The van der Waals surface area contributed by atoms with E-state index >= 15 is 0 Å². The number of ketones is 1. The Morgan fingerprint density at radius 1 is 0.535 bits per heavy atom. The van der Waals surface area contributed by atoms with Crippen LogP contribution in [0.2, 0.25) is 0 Å². The number of rotatable bonds is 47. The molecule has 86 heavy (non-hydrogen) atoms. The average molecular weight is 1170 g/mol. The molecule has 4 aromatic carbocycles. The number of carbonyl (C=O) groups excluding carboxylic acids is 1. The molecule has 0 aliphatic carbocycles. The molecule has 0 spiro atoms. The highest BCUT2D eigenvalue weighted by Gasteiger charge is 2.51. The van der Waals surface area contributed by atoms with Crippen LogP contribution < -0.4 is 4.90 Å². The van der Waals surface area contributed by atoms with Gasteiger partial charge in [-0.1, -0.05) is 298 Å². The van der Waals surface area contributed by atoms with Crippen molar-refractivity contribution in [1.82, 2.24) is 0 Å². The van der Waals surface area contributed by atoms with Crippen LogP contribution in [0.3, 0.4) is 0 Å². The lowest BCUT2D eigenvalue weighted by Gasteiger charge is -2.34. The molecule has 8 heteroatoms. The zero-order valence-corrected chi connectivity index (χ0v) is 53.7. The number of nitriles is 1. The highest BCUT2D eigenvalue weighted by Crippen LogP contribution is 2.56. The van der Waals surface area contributed by atoms with E-state index in [0.717, 1.165) is 83.2 Å². The molecular weight excluding hydrogens is 1060 g/mol. The van der Waals surface area contributed by atoms with Gasteiger partial charge in [-0.2, -0.15) is 9.84 Å². The van der Waals surface area contributed by atoms with Crippen molar-refractivity contribution in [3.63, 3.8) is 0 Å². The van der Waals surface area contributed by atoms with Crippen LogP contribution in [0.25, 0.3) is 10.8 Å². The number of carboxylic acids is 2. The number of allylic oxidation sites excluding steroid dienone is 6. The Balaban J connectivity index is 1.32. The van der Waals surface area contributed by atoms with Gasteiger partial charge in [0.25, 0.3) is 0 Å². The molecule has 2 atom stereocenters. The topological polar surface area (TPSA) is 122 Å². The fourth-order valence-electron chi connectivity index (χ4n) is 14.2. The third kappa shape index (κ3) is 21.4. The van der Waals surface area contributed by atoms with E-state index in [9.17, 15) is 29.9 Å². The molecule has 6 rings (SSSR count). The number of aliphatic carboxylic acids is 2. The van der Waals surface area contributed by atoms with Gasteiger partial charge in [0.1, 0.15) is 12.2 Å². The van der Waals surface area contributed by atoms with Gasteiger partial charge >= 0.3 is 11.9 Å². The maximum Gasteiger partial charge on any atom is 0.309 e. The molecule has 2 aliphatic heterocycles. The minimum absolute atomic E-state index is 0.0301. The summed E-state index contributed by atoms with van der Waals surface area (Å²) in [7, 11) is 0. The SMILES string of the molecule is CCCCCCCCCCCCCCCCCCC1(CCCCCCCCCCCCCCCCC)\C(=C/C=C(C#N)/C=C/C2=[N+](CCC(=O)O)c3ccccc3C2(CCC(C)=O)Cc2ccccc2)N(CCC(=O)O)c2c1ccc1ccccc21. The molecule has 0 amide bonds. The predicted molar refractivity (Wildman–Crippen MR) is 360 cm³/mol. The van der Waals surface area contributed by atoms with Gasteiger partial charge in [-0.3, -0.25) is 9.59 Å². The summed E-state index contributed by atoms with van der Waals surface area (Å²) < 4.78 is 2.10. The predicted octanol–water partition coefficient (Wildman–Crippen LogP) is 21.3. The van der Waals surface area contributed by atoms with Gasteiger partial charge in [0.05, 0.1) is 29.2 Å². The molecule has 0 radical (unpaired) electrons. The normalized spacial score (nSPS) is 17.1. The molecule has 8 nitrogen and oxygen atoms in total. The van der Waals surface area contributed by atoms with Crippen molar-refractivity contribution >= 4 is 45.6 Å². The van der Waals surface area contributed by atoms with E-state index in [0.29, 0.717) is 31.4 Å². The summed E-state index contributed by atoms with van der Waals surface area (Å²) >= 11 is 0. The lowest BCUT2D eigenvalue weighted by atomic mass is 9.69. The van der Waals surface area contributed by atoms with Crippen LogP contribution in [-0.2, 0) is 31.6 Å². The fraction of sp³-hybridized carbons (Fsp3) is 0.577. The van der Waals surface area contributed by atoms with E-state index in [1.807, 2.05) is 54.6 Å². The summed E-state index contributed by atoms with van der Waals surface area (Å²) in [6, 6.07) is 34.1. The van der Waals surface area contributed by atoms with Crippen molar-refractivity contribution in [3.8, 4) is 6.07 Å². The molecule has 2 unspecified atom stereocenters. The number of fused-ring (bicyclic) bond motifs is 4. The average Bonchev–Trinajstić information content (AvgIpc) is 1.60. The summed E-state index contributed by atoms with van der Waals surface area (Å²) in [6.45, 7) is 6.73. The minimum Gasteiger partial charge on any atom is -0.481 e. The van der Waals surface area contributed by atoms with Gasteiger partial charge in [0, 0.05) is 47.2 Å². The second-order valence-corrected chi connectivity index (χ2v) is 25.6. The van der Waals surface area contributed by atoms with Crippen LogP contribution in [-0.4, -0.2) is 51.3 Å². The van der Waals surface area contributed by atoms with Gasteiger partial charge in [-0.25, -0.2) is 0 Å². The third-order valence-corrected chi connectivity index (χ3v) is 18.9. The first-order valence-corrected chi connectivity index (χ1v) is 34.6. The molecule has 0 bridgehead atoms. The first-order chi connectivity index (χ1) is 42.1. The second kappa shape index (κ2) is 39.0. The van der Waals surface area contributed by atoms with Crippen LogP contribution in [0.15, 0.2) is 127 Å². The van der Waals surface area contributed by atoms with E-state index in [1.54, 1.807) is 6.92 Å². The van der Waals surface area contributed by atoms with Crippen LogP contribution in [0.1, 0.15) is 275 Å². The molecule has 0 saturated heterocycles. The molecule has 0 fully saturated rings. The maximum atomic E-state index is 12.9. The maximum absolute atomic E-state index is 12.9. The van der Waals surface area contributed by atoms with E-state index in [-0.39, 0.29) is 25.2 Å². The highest BCUT2D eigenvalue weighted by molar-refractivity contribution is 6.05. The van der Waals surface area contributed by atoms with E-state index in [4.69, 9.17) is 0 Å². The number of hydrogen-bond donors (Lipinski definition) is 2. The summed E-state index contributed by atoms with van der Waals surface area (Å²) in [5.74, 6) is -1.66. The van der Waals surface area contributed by atoms with Gasteiger partial charge in [-0.15, -0.1) is 0 Å². The van der Waals surface area contributed by atoms with Gasteiger partial charge in [0.2, 0.25) is 5.69 Å². The molecule has 466 valence electrons. The van der Waals surface area contributed by atoms with E-state index in [2.05, 4.69) is 90.1 Å². The van der Waals surface area contributed by atoms with Crippen molar-refractivity contribution < 1.29 is 29.2 Å². The number of anilines is 1. The standard InChI is InChI=1S/C78H109N3O5/c1-4-6-8-10-12-14-16-18-20-22-24-26-28-30-32-41-58-77(57-40-31-29-27-25-23-21-19-17-15-13-11-9-7-5-2)70-51-50-67-44-36-37-45-68(67)76(70)81(61-56-75(85)86)72(77)52-48-66(63-79)49-53-73-78(59-54-64(3)82,62-65-42-34-33-35-43-65)69-46-38-39-47-71(69)80(73)60-55-74(83)84/h33-39,42-53H,4-32,40-41,54-62H2,1-3H3,(H-,83,84,85,86)/p+1. The fourth-order valence-corrected chi connectivity index (χ4v) is 14.2. The number of Topliss-reactive ketones (excluding diaryl/α,β-unsaturated/α-hetero) is 1. The Hall–Kier alpha value is -6.07. The molecule has 2 heterocycles. The second-order valence-electron chi connectivity index (χ2n) is 25.6. The van der Waals surface area contributed by atoms with Crippen molar-refractivity contribution in [2.24, 2.45) is 0 Å². The number of unbranched alkanes of at least 4 members (excludes halogenated alkanes) is 29. The molecule has 2 N–H and O–H groups in total. The quantitative estimate of drug-likeness (QED) is 0.0196. The van der Waals surface area contributed by atoms with Crippen LogP contribution in [0.4, 0.5) is 11.4 Å². The van der Waals surface area contributed by atoms with Gasteiger partial charge in [-0.05, 0) is 67.3 Å². The van der Waals surface area contributed by atoms with Crippen LogP contribution >= 0.6 is 0 Å². The number of carboxylic acid groups (broad SMARTS) is 2. The van der Waals surface area contributed by atoms with Crippen LogP contribution in [0, 0.1) is 11.3 Å². The van der Waals surface area contributed by atoms with Crippen molar-refractivity contribution in [3.05, 3.63) is 143 Å². The third-order valence-electron chi connectivity index (χ3n) is 18.9. The molecule has 0 saturated carbocycles. The first kappa shape index (κ1) is 69.0. The summed E-state index contributed by atoms with van der Waals surface area (Å²) in [5, 5.41) is 33.9. The van der Waals surface area contributed by atoms with Gasteiger partial charge < -0.3 is 19.9 Å². The summed E-state index contributed by atoms with van der Waals surface area (Å²) in [5.41, 5.74) is 6.71. The number of para-hydroxylation sites is 1. The largest absolute Gasteiger partial charge is 0.481 e. The first-order valence-electron chi connectivity index (χ1n) is 34.6. The van der Waals surface area contributed by atoms with Crippen molar-refractivity contribution in [1.29, 1.82) is 5.26 Å². The van der Waals surface area contributed by atoms with Gasteiger partial charge in [0.15, 0.2) is 12.3 Å². The summed E-state index contributed by atoms with van der Waals surface area (Å²) in [6.07, 6.45) is 51.6. The van der Waals surface area contributed by atoms with Crippen molar-refractivity contribution in [2.45, 2.75) is 276 Å². The zero-order chi connectivity index (χ0) is 61.1. The molecule has 2 aliphatic rings. The Bertz CT molecular complexity index is 2850. The van der Waals surface area contributed by atoms with E-state index < -0.39 is 22.8 Å². The highest BCUT2D eigenvalue weighted by atomic mass is 16.4. The smallest absolute Gasteiger partial charge is 0.309 e. The van der Waals surface area contributed by atoms with Crippen LogP contribution in [0.5, 0.6) is 0 Å². The molecule has 4 aromatic rings. The Morgan fingerprint density at radius 2 is 1.02 bits per heavy atom. The van der Waals surface area contributed by atoms with Crippen molar-refractivity contribution in [2.75, 3.05) is 18.0 Å². The molecule has 0 aromatic heterocycles. The monoisotopic (exact) mass is 1170 g/mol. The molecular formula is C78H110N3O5+. The Kier molecular flexibility index (Phi) is 31.3. The zero-order valence-electron chi connectivity index (χ0n) is 53.7. The summed E-state index contributed by atoms with van der Waals surface area (Å²) in [4.78, 5) is 40.2. The van der Waals surface area contributed by atoms with E-state index in [1.165, 1.54) is 179 Å². The Morgan fingerprint density at radius 3 is 1.53 bits per heavy atom. The Labute approximate surface area is 520 Å². The number of hydrogen-bond acceptors (Lipinski definition) is 5. The minimum atomic E-state index is -0.899.